The van der Waals surface area contributed by atoms with Crippen molar-refractivity contribution in [3.05, 3.63) is 23.3 Å². The molecule has 0 aromatic rings. The minimum Gasteiger partial charge on any atom is -0.295 e. The maximum atomic E-state index is 11.7. The van der Waals surface area contributed by atoms with Crippen LogP contribution in [0.25, 0.3) is 0 Å². The minimum absolute atomic E-state index is 0.385. The summed E-state index contributed by atoms with van der Waals surface area (Å²) in [5.41, 5.74) is 3.76. The van der Waals surface area contributed by atoms with Gasteiger partial charge in [-0.1, -0.05) is 31.1 Å². The largest absolute Gasteiger partial charge is 0.295 e. The highest BCUT2D eigenvalue weighted by atomic mass is 16.1. The van der Waals surface area contributed by atoms with Gasteiger partial charge in [0.15, 0.2) is 5.78 Å². The highest BCUT2D eigenvalue weighted by Gasteiger charge is 2.52. The van der Waals surface area contributed by atoms with Crippen molar-refractivity contribution in [2.75, 3.05) is 0 Å². The van der Waals surface area contributed by atoms with Crippen molar-refractivity contribution in [1.82, 2.24) is 0 Å². The van der Waals surface area contributed by atoms with Crippen LogP contribution in [0.15, 0.2) is 23.3 Å². The monoisotopic (exact) mass is 284 g/mol. The van der Waals surface area contributed by atoms with Gasteiger partial charge in [-0.15, -0.1) is 0 Å². The van der Waals surface area contributed by atoms with E-state index in [0.717, 1.165) is 36.5 Å². The summed E-state index contributed by atoms with van der Waals surface area (Å²) < 4.78 is 0. The standard InChI is InChI=1S/C20H28O/c1-3-14-5-9-19-18-7-4-13-12-15(21)6-8-16(13)17(18)10-11-20(14,19)2/h5,12,16-19H,3-4,6-11H2,1-2H3/t16-,17+,18+,19-,20+/m0/s1. The number of hydrogen-bond donors (Lipinski definition) is 0. The Morgan fingerprint density at radius 2 is 2.05 bits per heavy atom. The van der Waals surface area contributed by atoms with Crippen molar-refractivity contribution >= 4 is 5.78 Å². The number of rotatable bonds is 1. The van der Waals surface area contributed by atoms with E-state index < -0.39 is 0 Å². The van der Waals surface area contributed by atoms with Crippen LogP contribution in [-0.4, -0.2) is 5.78 Å². The minimum atomic E-state index is 0.385. The molecule has 21 heavy (non-hydrogen) atoms. The lowest BCUT2D eigenvalue weighted by atomic mass is 9.51. The second kappa shape index (κ2) is 4.83. The zero-order chi connectivity index (χ0) is 14.6. The summed E-state index contributed by atoms with van der Waals surface area (Å²) in [6.07, 6.45) is 14.4. The van der Waals surface area contributed by atoms with E-state index in [1.165, 1.54) is 44.1 Å². The van der Waals surface area contributed by atoms with Gasteiger partial charge in [-0.05, 0) is 80.1 Å². The molecule has 2 saturated carbocycles. The van der Waals surface area contributed by atoms with Crippen LogP contribution in [-0.2, 0) is 4.79 Å². The Kier molecular flexibility index (Phi) is 3.17. The number of allylic oxidation sites excluding steroid dienone is 4. The molecule has 1 heteroatoms. The number of carbonyl (C=O) groups is 1. The normalized spacial score (nSPS) is 45.3. The van der Waals surface area contributed by atoms with Crippen LogP contribution in [0.2, 0.25) is 0 Å². The first-order chi connectivity index (χ1) is 10.1. The van der Waals surface area contributed by atoms with E-state index in [1.54, 1.807) is 5.57 Å². The van der Waals surface area contributed by atoms with Crippen LogP contribution < -0.4 is 0 Å². The predicted octanol–water partition coefficient (Wildman–Crippen LogP) is 5.07. The molecule has 4 aliphatic carbocycles. The molecule has 4 aliphatic rings. The molecule has 1 nitrogen and oxygen atoms in total. The molecule has 0 aromatic carbocycles. The van der Waals surface area contributed by atoms with E-state index in [9.17, 15) is 4.79 Å². The van der Waals surface area contributed by atoms with E-state index in [0.29, 0.717) is 11.2 Å². The summed E-state index contributed by atoms with van der Waals surface area (Å²) in [5, 5.41) is 0. The average molecular weight is 284 g/mol. The number of ketones is 1. The summed E-state index contributed by atoms with van der Waals surface area (Å²) >= 11 is 0. The Bertz CT molecular complexity index is 526. The van der Waals surface area contributed by atoms with Gasteiger partial charge in [0.1, 0.15) is 0 Å². The van der Waals surface area contributed by atoms with Crippen molar-refractivity contribution in [2.24, 2.45) is 29.1 Å². The summed E-state index contributed by atoms with van der Waals surface area (Å²) in [7, 11) is 0. The zero-order valence-electron chi connectivity index (χ0n) is 13.5. The lowest BCUT2D eigenvalue weighted by Gasteiger charge is -2.53. The van der Waals surface area contributed by atoms with Gasteiger partial charge in [0, 0.05) is 6.42 Å². The highest BCUT2D eigenvalue weighted by Crippen LogP contribution is 2.62. The molecule has 0 heterocycles. The third-order valence-corrected chi connectivity index (χ3v) is 7.42. The highest BCUT2D eigenvalue weighted by molar-refractivity contribution is 5.91. The van der Waals surface area contributed by atoms with Crippen LogP contribution in [0.5, 0.6) is 0 Å². The summed E-state index contributed by atoms with van der Waals surface area (Å²) in [6, 6.07) is 0. The van der Waals surface area contributed by atoms with E-state index >= 15 is 0 Å². The van der Waals surface area contributed by atoms with E-state index in [1.807, 2.05) is 6.08 Å². The van der Waals surface area contributed by atoms with E-state index in [2.05, 4.69) is 19.9 Å². The molecule has 0 aliphatic heterocycles. The van der Waals surface area contributed by atoms with Crippen LogP contribution in [0.1, 0.15) is 65.2 Å². The van der Waals surface area contributed by atoms with Crippen LogP contribution in [0, 0.1) is 29.1 Å². The Labute approximate surface area is 128 Å². The van der Waals surface area contributed by atoms with Gasteiger partial charge in [0.05, 0.1) is 0 Å². The van der Waals surface area contributed by atoms with Gasteiger partial charge in [0.2, 0.25) is 0 Å². The second-order valence-corrected chi connectivity index (χ2v) is 8.08. The maximum Gasteiger partial charge on any atom is 0.155 e. The molecule has 2 fully saturated rings. The van der Waals surface area contributed by atoms with Gasteiger partial charge in [-0.3, -0.25) is 4.79 Å². The zero-order valence-corrected chi connectivity index (χ0v) is 13.5. The molecule has 114 valence electrons. The quantitative estimate of drug-likeness (QED) is 0.614. The molecular formula is C20H28O. The summed E-state index contributed by atoms with van der Waals surface area (Å²) in [5.74, 6) is 3.82. The molecule has 0 aromatic heterocycles. The average Bonchev–Trinajstić information content (AvgIpc) is 2.83. The van der Waals surface area contributed by atoms with Crippen molar-refractivity contribution in [2.45, 2.75) is 65.2 Å². The molecule has 0 N–H and O–H groups in total. The van der Waals surface area contributed by atoms with Crippen LogP contribution >= 0.6 is 0 Å². The SMILES string of the molecule is CCC1=CC[C@H]2[C@@H]3CCC4=CC(=O)CC[C@@H]4[C@H]3CC[C@]12C. The third-order valence-electron chi connectivity index (χ3n) is 7.42. The first-order valence-electron chi connectivity index (χ1n) is 9.06. The van der Waals surface area contributed by atoms with Crippen molar-refractivity contribution < 1.29 is 4.79 Å². The van der Waals surface area contributed by atoms with Gasteiger partial charge < -0.3 is 0 Å². The molecule has 0 saturated heterocycles. The molecule has 0 unspecified atom stereocenters. The fraction of sp³-hybridized carbons (Fsp3) is 0.750. The smallest absolute Gasteiger partial charge is 0.155 e. The summed E-state index contributed by atoms with van der Waals surface area (Å²) in [4.78, 5) is 11.7. The molecular weight excluding hydrogens is 256 g/mol. The van der Waals surface area contributed by atoms with Crippen LogP contribution in [0.4, 0.5) is 0 Å². The Hall–Kier alpha value is -0.850. The molecule has 0 amide bonds. The number of carbonyl (C=O) groups excluding carboxylic acids is 1. The second-order valence-electron chi connectivity index (χ2n) is 8.08. The Balaban J connectivity index is 1.62. The van der Waals surface area contributed by atoms with Gasteiger partial charge in [0.25, 0.3) is 0 Å². The van der Waals surface area contributed by atoms with E-state index in [-0.39, 0.29) is 0 Å². The van der Waals surface area contributed by atoms with Gasteiger partial charge >= 0.3 is 0 Å². The topological polar surface area (TPSA) is 17.1 Å². The van der Waals surface area contributed by atoms with Gasteiger partial charge in [-0.25, -0.2) is 0 Å². The first kappa shape index (κ1) is 13.8. The van der Waals surface area contributed by atoms with Crippen LogP contribution in [0.3, 0.4) is 0 Å². The van der Waals surface area contributed by atoms with Crippen molar-refractivity contribution in [1.29, 1.82) is 0 Å². The van der Waals surface area contributed by atoms with E-state index in [4.69, 9.17) is 0 Å². The third kappa shape index (κ3) is 1.92. The lowest BCUT2D eigenvalue weighted by Crippen LogP contribution is -2.45. The number of fused-ring (bicyclic) bond motifs is 5. The number of hydrogen-bond acceptors (Lipinski definition) is 1. The predicted molar refractivity (Wildman–Crippen MR) is 85.9 cm³/mol. The Morgan fingerprint density at radius 3 is 2.86 bits per heavy atom. The summed E-state index contributed by atoms with van der Waals surface area (Å²) in [6.45, 7) is 4.88. The molecule has 5 atom stereocenters. The molecule has 4 rings (SSSR count). The van der Waals surface area contributed by atoms with Crippen molar-refractivity contribution in [3.8, 4) is 0 Å². The lowest BCUT2D eigenvalue weighted by molar-refractivity contribution is -0.116. The fourth-order valence-corrected chi connectivity index (χ4v) is 6.38. The molecule has 0 bridgehead atoms. The Morgan fingerprint density at radius 1 is 1.19 bits per heavy atom. The van der Waals surface area contributed by atoms with Gasteiger partial charge in [-0.2, -0.15) is 0 Å². The fourth-order valence-electron chi connectivity index (χ4n) is 6.38. The molecule has 0 spiro atoms. The van der Waals surface area contributed by atoms with Crippen molar-refractivity contribution in [3.63, 3.8) is 0 Å². The molecule has 0 radical (unpaired) electrons. The maximum absolute atomic E-state index is 11.7. The first-order valence-corrected chi connectivity index (χ1v) is 9.06.